The molecule has 2 aromatic rings. The summed E-state index contributed by atoms with van der Waals surface area (Å²) in [5.74, 6) is 0.0759. The van der Waals surface area contributed by atoms with Crippen LogP contribution in [-0.2, 0) is 14.3 Å². The molecule has 2 rings (SSSR count). The summed E-state index contributed by atoms with van der Waals surface area (Å²) in [7, 11) is 1.58. The molecule has 8 nitrogen and oxygen atoms in total. The van der Waals surface area contributed by atoms with Gasteiger partial charge in [0.25, 0.3) is 5.91 Å². The Labute approximate surface area is 246 Å². The minimum absolute atomic E-state index is 0.0951. The maximum atomic E-state index is 14.6. The van der Waals surface area contributed by atoms with Crippen LogP contribution >= 0.6 is 0 Å². The third-order valence-electron chi connectivity index (χ3n) is 7.26. The Balaban J connectivity index is 2.68. The summed E-state index contributed by atoms with van der Waals surface area (Å²) < 4.78 is 10.8. The lowest BCUT2D eigenvalue weighted by Gasteiger charge is -2.45. The highest BCUT2D eigenvalue weighted by atomic mass is 16.6. The maximum Gasteiger partial charge on any atom is 0.408 e. The van der Waals surface area contributed by atoms with E-state index in [0.29, 0.717) is 24.3 Å². The fourth-order valence-electron chi connectivity index (χ4n) is 4.61. The first-order valence-corrected chi connectivity index (χ1v) is 14.3. The van der Waals surface area contributed by atoms with E-state index >= 15 is 0 Å². The van der Waals surface area contributed by atoms with Gasteiger partial charge in [-0.25, -0.2) is 4.79 Å². The van der Waals surface area contributed by atoms with Gasteiger partial charge in [0, 0.05) is 11.2 Å². The fraction of sp³-hybridized carbons (Fsp3) is 0.545. The Kier molecular flexibility index (Phi) is 11.4. The molecule has 2 atom stereocenters. The van der Waals surface area contributed by atoms with E-state index in [-0.39, 0.29) is 17.7 Å². The average Bonchev–Trinajstić information content (AvgIpc) is 2.87. The number of methoxy groups -OCH3 is 1. The van der Waals surface area contributed by atoms with Crippen molar-refractivity contribution in [2.75, 3.05) is 12.4 Å². The van der Waals surface area contributed by atoms with Gasteiger partial charge in [-0.05, 0) is 108 Å². The summed E-state index contributed by atoms with van der Waals surface area (Å²) in [5.41, 5.74) is 1.78. The van der Waals surface area contributed by atoms with E-state index in [4.69, 9.17) is 9.47 Å². The summed E-state index contributed by atoms with van der Waals surface area (Å²) >= 11 is 0. The van der Waals surface area contributed by atoms with Gasteiger partial charge in [0.05, 0.1) is 7.11 Å². The Bertz CT molecular complexity index is 1200. The van der Waals surface area contributed by atoms with Crippen molar-refractivity contribution in [3.63, 3.8) is 0 Å². The van der Waals surface area contributed by atoms with Crippen molar-refractivity contribution in [2.24, 2.45) is 5.92 Å². The molecule has 2 aromatic carbocycles. The third-order valence-corrected chi connectivity index (χ3v) is 7.26. The molecular formula is C33H49N3O5. The number of benzene rings is 2. The number of nitrogens with zero attached hydrogens (tertiary/aromatic N) is 1. The molecule has 2 unspecified atom stereocenters. The van der Waals surface area contributed by atoms with Crippen LogP contribution in [0.2, 0.25) is 0 Å². The van der Waals surface area contributed by atoms with E-state index < -0.39 is 29.3 Å². The van der Waals surface area contributed by atoms with Crippen molar-refractivity contribution in [3.8, 4) is 5.75 Å². The molecule has 0 saturated carbocycles. The van der Waals surface area contributed by atoms with Gasteiger partial charge in [0.2, 0.25) is 5.91 Å². The van der Waals surface area contributed by atoms with Crippen molar-refractivity contribution in [2.45, 2.75) is 105 Å². The van der Waals surface area contributed by atoms with Gasteiger partial charge in [-0.2, -0.15) is 0 Å². The van der Waals surface area contributed by atoms with Crippen molar-refractivity contribution >= 4 is 23.6 Å². The molecule has 0 heterocycles. The maximum absolute atomic E-state index is 14.6. The molecule has 3 amide bonds. The van der Waals surface area contributed by atoms with E-state index in [9.17, 15) is 14.4 Å². The van der Waals surface area contributed by atoms with Crippen LogP contribution in [0.4, 0.5) is 10.5 Å². The van der Waals surface area contributed by atoms with E-state index in [1.54, 1.807) is 57.0 Å². The van der Waals surface area contributed by atoms with Crippen LogP contribution in [0.15, 0.2) is 42.5 Å². The van der Waals surface area contributed by atoms with E-state index in [0.717, 1.165) is 16.7 Å². The molecule has 0 aliphatic carbocycles. The summed E-state index contributed by atoms with van der Waals surface area (Å²) in [6, 6.07) is 11.0. The molecule has 0 aliphatic rings. The van der Waals surface area contributed by atoms with Crippen LogP contribution in [0, 0.1) is 19.8 Å². The van der Waals surface area contributed by atoms with Crippen molar-refractivity contribution in [1.29, 1.82) is 0 Å². The number of aryl methyl sites for hydroxylation is 1. The number of carbonyl (C=O) groups excluding carboxylic acids is 3. The molecule has 0 radical (unpaired) electrons. The molecule has 2 N–H and O–H groups in total. The third kappa shape index (κ3) is 9.23. The van der Waals surface area contributed by atoms with Gasteiger partial charge in [0.15, 0.2) is 0 Å². The van der Waals surface area contributed by atoms with Crippen LogP contribution in [0.1, 0.15) is 91.0 Å². The molecule has 0 saturated heterocycles. The molecule has 0 bridgehead atoms. The second-order valence-electron chi connectivity index (χ2n) is 12.6. The van der Waals surface area contributed by atoms with Crippen molar-refractivity contribution < 1.29 is 23.9 Å². The number of hydrogen-bond acceptors (Lipinski definition) is 5. The number of amides is 3. The lowest BCUT2D eigenvalue weighted by molar-refractivity contribution is -0.148. The Morgan fingerprint density at radius 2 is 1.56 bits per heavy atom. The fourth-order valence-corrected chi connectivity index (χ4v) is 4.61. The topological polar surface area (TPSA) is 97.0 Å². The number of rotatable bonds is 11. The predicted molar refractivity (Wildman–Crippen MR) is 164 cm³/mol. The first kappa shape index (κ1) is 33.7. The minimum atomic E-state index is -0.963. The standard InChI is InChI=1S/C33H49N3O5/c1-12-33(9,10)36(30(38)27(20-21(2)3)35-31(39)41-32(6,7)8)28(26-15-13-14-22(4)23(26)5)29(37)34-24-16-18-25(40-11)19-17-24/h13-19,21,27-28H,12,20H2,1-11H3,(H,34,37)(H,35,39). The highest BCUT2D eigenvalue weighted by Gasteiger charge is 2.43. The van der Waals surface area contributed by atoms with Gasteiger partial charge < -0.3 is 25.0 Å². The number of nitrogens with one attached hydrogen (secondary N) is 2. The van der Waals surface area contributed by atoms with Gasteiger partial charge in [-0.3, -0.25) is 9.59 Å². The minimum Gasteiger partial charge on any atom is -0.497 e. The molecule has 0 fully saturated rings. The zero-order valence-corrected chi connectivity index (χ0v) is 26.7. The van der Waals surface area contributed by atoms with E-state index in [1.165, 1.54) is 0 Å². The highest BCUT2D eigenvalue weighted by Crippen LogP contribution is 2.35. The Morgan fingerprint density at radius 1 is 0.951 bits per heavy atom. The lowest BCUT2D eigenvalue weighted by Crippen LogP contribution is -2.59. The van der Waals surface area contributed by atoms with Crippen LogP contribution in [0.3, 0.4) is 0 Å². The molecular weight excluding hydrogens is 518 g/mol. The Morgan fingerprint density at radius 3 is 2.07 bits per heavy atom. The summed E-state index contributed by atoms with van der Waals surface area (Å²) in [5, 5.41) is 5.84. The predicted octanol–water partition coefficient (Wildman–Crippen LogP) is 6.95. The summed E-state index contributed by atoms with van der Waals surface area (Å²) in [6.45, 7) is 19.1. The van der Waals surface area contributed by atoms with E-state index in [2.05, 4.69) is 10.6 Å². The second-order valence-corrected chi connectivity index (χ2v) is 12.6. The molecule has 0 aliphatic heterocycles. The van der Waals surface area contributed by atoms with Gasteiger partial charge in [-0.15, -0.1) is 0 Å². The van der Waals surface area contributed by atoms with Crippen LogP contribution in [0.5, 0.6) is 5.75 Å². The monoisotopic (exact) mass is 567 g/mol. The van der Waals surface area contributed by atoms with Crippen molar-refractivity contribution in [1.82, 2.24) is 10.2 Å². The molecule has 226 valence electrons. The quantitative estimate of drug-likeness (QED) is 0.306. The smallest absolute Gasteiger partial charge is 0.408 e. The number of ether oxygens (including phenoxy) is 2. The SMILES string of the molecule is CCC(C)(C)N(C(=O)C(CC(C)C)NC(=O)OC(C)(C)C)C(C(=O)Nc1ccc(OC)cc1)c1cccc(C)c1C. The normalized spacial score (nSPS) is 13.3. The van der Waals surface area contributed by atoms with Crippen LogP contribution < -0.4 is 15.4 Å². The average molecular weight is 568 g/mol. The van der Waals surface area contributed by atoms with Crippen molar-refractivity contribution in [3.05, 3.63) is 59.2 Å². The molecule has 0 aromatic heterocycles. The lowest BCUT2D eigenvalue weighted by atomic mass is 9.88. The first-order valence-electron chi connectivity index (χ1n) is 14.3. The molecule has 0 spiro atoms. The highest BCUT2D eigenvalue weighted by molar-refractivity contribution is 5.99. The van der Waals surface area contributed by atoms with Crippen LogP contribution in [-0.4, -0.2) is 47.1 Å². The molecule has 8 heteroatoms. The van der Waals surface area contributed by atoms with Crippen LogP contribution in [0.25, 0.3) is 0 Å². The number of alkyl carbamates (subject to hydrolysis) is 1. The van der Waals surface area contributed by atoms with Gasteiger partial charge in [-0.1, -0.05) is 39.0 Å². The summed E-state index contributed by atoms with van der Waals surface area (Å²) in [4.78, 5) is 43.4. The first-order chi connectivity index (χ1) is 19.0. The number of anilines is 1. The van der Waals surface area contributed by atoms with Gasteiger partial charge >= 0.3 is 6.09 Å². The summed E-state index contributed by atoms with van der Waals surface area (Å²) in [6.07, 6.45) is 0.293. The zero-order valence-electron chi connectivity index (χ0n) is 26.7. The second kappa shape index (κ2) is 13.9. The number of hydrogen-bond donors (Lipinski definition) is 2. The van der Waals surface area contributed by atoms with E-state index in [1.807, 2.05) is 66.7 Å². The zero-order chi connectivity index (χ0) is 31.1. The van der Waals surface area contributed by atoms with Gasteiger partial charge in [0.1, 0.15) is 23.4 Å². The molecule has 41 heavy (non-hydrogen) atoms. The number of carbonyl (C=O) groups is 3. The Hall–Kier alpha value is -3.55. The largest absolute Gasteiger partial charge is 0.497 e.